The number of anilines is 1. The molecule has 4 heteroatoms. The normalized spacial score (nSPS) is 11.8. The molecule has 0 aliphatic heterocycles. The van der Waals surface area contributed by atoms with Gasteiger partial charge in [-0.25, -0.2) is 0 Å². The third-order valence-electron chi connectivity index (χ3n) is 3.45. The van der Waals surface area contributed by atoms with Crippen LogP contribution in [0, 0.1) is 0 Å². The lowest BCUT2D eigenvalue weighted by Crippen LogP contribution is -2.34. The summed E-state index contributed by atoms with van der Waals surface area (Å²) in [5.41, 5.74) is 2.28. The molecule has 2 nitrogen and oxygen atoms in total. The highest BCUT2D eigenvalue weighted by atomic mass is 79.9. The minimum Gasteiger partial charge on any atom is -0.345 e. The molecule has 0 aliphatic carbocycles. The van der Waals surface area contributed by atoms with Crippen molar-refractivity contribution in [2.75, 3.05) is 12.4 Å². The monoisotopic (exact) mass is 362 g/mol. The van der Waals surface area contributed by atoms with E-state index in [4.69, 9.17) is 12.2 Å². The van der Waals surface area contributed by atoms with Crippen molar-refractivity contribution in [3.05, 3.63) is 64.6 Å². The maximum absolute atomic E-state index is 5.53. The number of rotatable bonds is 4. The number of halogens is 1. The number of para-hydroxylation sites is 1. The molecule has 0 fully saturated rings. The van der Waals surface area contributed by atoms with Gasteiger partial charge in [-0.15, -0.1) is 0 Å². The average Bonchev–Trinajstić information content (AvgIpc) is 2.50. The Balaban J connectivity index is 2.10. The Bertz CT molecular complexity index is 583. The van der Waals surface area contributed by atoms with Gasteiger partial charge in [0.25, 0.3) is 0 Å². The van der Waals surface area contributed by atoms with Crippen molar-refractivity contribution in [3.63, 3.8) is 0 Å². The third kappa shape index (κ3) is 4.29. The average molecular weight is 363 g/mol. The zero-order valence-corrected chi connectivity index (χ0v) is 14.6. The summed E-state index contributed by atoms with van der Waals surface area (Å²) >= 11 is 9.01. The van der Waals surface area contributed by atoms with Gasteiger partial charge in [0, 0.05) is 17.2 Å². The number of nitrogens with one attached hydrogen (secondary N) is 1. The van der Waals surface area contributed by atoms with Crippen LogP contribution in [0.25, 0.3) is 0 Å². The second kappa shape index (κ2) is 7.57. The van der Waals surface area contributed by atoms with Crippen LogP contribution in [0.4, 0.5) is 5.69 Å². The highest BCUT2D eigenvalue weighted by Crippen LogP contribution is 2.25. The fraction of sp³-hybridized carbons (Fsp3) is 0.235. The molecule has 0 heterocycles. The number of hydrogen-bond donors (Lipinski definition) is 1. The number of hydrogen-bond acceptors (Lipinski definition) is 1. The minimum atomic E-state index is 0.266. The second-order valence-corrected chi connectivity index (χ2v) is 6.19. The Hall–Kier alpha value is -1.39. The lowest BCUT2D eigenvalue weighted by molar-refractivity contribution is 0.370. The fourth-order valence-electron chi connectivity index (χ4n) is 2.29. The Labute approximate surface area is 140 Å². The smallest absolute Gasteiger partial charge is 0.173 e. The molecular formula is C17H19BrN2S. The van der Waals surface area contributed by atoms with E-state index in [-0.39, 0.29) is 6.04 Å². The van der Waals surface area contributed by atoms with Crippen LogP contribution < -0.4 is 5.32 Å². The van der Waals surface area contributed by atoms with Crippen molar-refractivity contribution in [1.82, 2.24) is 4.90 Å². The topological polar surface area (TPSA) is 15.3 Å². The van der Waals surface area contributed by atoms with Gasteiger partial charge in [0.15, 0.2) is 5.11 Å². The van der Waals surface area contributed by atoms with E-state index in [9.17, 15) is 0 Å². The van der Waals surface area contributed by atoms with Gasteiger partial charge in [-0.3, -0.25) is 0 Å². The van der Waals surface area contributed by atoms with Crippen LogP contribution in [0.15, 0.2) is 59.1 Å². The molecule has 0 bridgehead atoms. The second-order valence-electron chi connectivity index (χ2n) is 4.88. The van der Waals surface area contributed by atoms with Crippen molar-refractivity contribution in [1.29, 1.82) is 0 Å². The number of nitrogens with zero attached hydrogens (tertiary/aromatic N) is 1. The van der Waals surface area contributed by atoms with Gasteiger partial charge in [-0.1, -0.05) is 53.2 Å². The first-order valence-electron chi connectivity index (χ1n) is 6.96. The summed E-state index contributed by atoms with van der Waals surface area (Å²) in [6, 6.07) is 18.7. The highest BCUT2D eigenvalue weighted by molar-refractivity contribution is 9.10. The summed E-state index contributed by atoms with van der Waals surface area (Å²) in [6.45, 7) is 2.17. The first-order chi connectivity index (χ1) is 10.1. The Morgan fingerprint density at radius 2 is 1.76 bits per heavy atom. The molecule has 1 N–H and O–H groups in total. The van der Waals surface area contributed by atoms with Crippen molar-refractivity contribution >= 4 is 38.9 Å². The molecule has 110 valence electrons. The zero-order chi connectivity index (χ0) is 15.2. The molecule has 1 atom stereocenters. The molecule has 2 aromatic rings. The Kier molecular flexibility index (Phi) is 5.76. The first kappa shape index (κ1) is 16.0. The number of thiocarbonyl (C=S) groups is 1. The predicted octanol–water partition coefficient (Wildman–Crippen LogP) is 5.23. The van der Waals surface area contributed by atoms with Gasteiger partial charge in [0.05, 0.1) is 6.04 Å². The van der Waals surface area contributed by atoms with Crippen molar-refractivity contribution in [2.45, 2.75) is 19.4 Å². The predicted molar refractivity (Wildman–Crippen MR) is 97.6 cm³/mol. The van der Waals surface area contributed by atoms with E-state index in [0.717, 1.165) is 21.7 Å². The first-order valence-corrected chi connectivity index (χ1v) is 8.16. The van der Waals surface area contributed by atoms with Crippen molar-refractivity contribution in [3.8, 4) is 0 Å². The van der Waals surface area contributed by atoms with E-state index in [1.54, 1.807) is 0 Å². The molecule has 21 heavy (non-hydrogen) atoms. The molecule has 0 saturated heterocycles. The molecule has 0 amide bonds. The lowest BCUT2D eigenvalue weighted by Gasteiger charge is -2.30. The summed E-state index contributed by atoms with van der Waals surface area (Å²) in [5, 5.41) is 4.02. The van der Waals surface area contributed by atoms with Crippen molar-refractivity contribution in [2.24, 2.45) is 0 Å². The van der Waals surface area contributed by atoms with E-state index in [1.807, 2.05) is 37.4 Å². The molecule has 0 radical (unpaired) electrons. The zero-order valence-electron chi connectivity index (χ0n) is 12.2. The van der Waals surface area contributed by atoms with Crippen LogP contribution in [-0.4, -0.2) is 17.1 Å². The molecule has 0 spiro atoms. The molecule has 2 rings (SSSR count). The Morgan fingerprint density at radius 3 is 2.33 bits per heavy atom. The molecule has 0 aromatic heterocycles. The molecule has 1 unspecified atom stereocenters. The van der Waals surface area contributed by atoms with Crippen LogP contribution in [0.2, 0.25) is 0 Å². The van der Waals surface area contributed by atoms with E-state index < -0.39 is 0 Å². The van der Waals surface area contributed by atoms with Gasteiger partial charge in [-0.2, -0.15) is 0 Å². The molecule has 0 aliphatic rings. The Morgan fingerprint density at radius 1 is 1.14 bits per heavy atom. The molecule has 2 aromatic carbocycles. The van der Waals surface area contributed by atoms with Gasteiger partial charge < -0.3 is 10.2 Å². The van der Waals surface area contributed by atoms with E-state index in [1.165, 1.54) is 5.56 Å². The molecule has 0 saturated carbocycles. The van der Waals surface area contributed by atoms with Gasteiger partial charge in [-0.05, 0) is 48.5 Å². The van der Waals surface area contributed by atoms with Crippen LogP contribution in [0.1, 0.15) is 24.9 Å². The summed E-state index contributed by atoms with van der Waals surface area (Å²) < 4.78 is 1.09. The van der Waals surface area contributed by atoms with Crippen molar-refractivity contribution < 1.29 is 0 Å². The molecular weight excluding hydrogens is 344 g/mol. The van der Waals surface area contributed by atoms with Gasteiger partial charge in [0.1, 0.15) is 0 Å². The summed E-state index contributed by atoms with van der Waals surface area (Å²) in [5.74, 6) is 0. The summed E-state index contributed by atoms with van der Waals surface area (Å²) in [4.78, 5) is 2.12. The maximum atomic E-state index is 5.53. The van der Waals surface area contributed by atoms with Gasteiger partial charge >= 0.3 is 0 Å². The van der Waals surface area contributed by atoms with Gasteiger partial charge in [0.2, 0.25) is 0 Å². The standard InChI is InChI=1S/C17H19BrN2S/c1-3-16(13-9-11-14(18)12-10-13)20(2)17(21)19-15-7-5-4-6-8-15/h4-12,16H,3H2,1-2H3,(H,19,21). The third-order valence-corrected chi connectivity index (χ3v) is 4.37. The van der Waals surface area contributed by atoms with Crippen LogP contribution in [0.5, 0.6) is 0 Å². The largest absolute Gasteiger partial charge is 0.345 e. The SMILES string of the molecule is CCC(c1ccc(Br)cc1)N(C)C(=S)Nc1ccccc1. The van der Waals surface area contributed by atoms with E-state index in [0.29, 0.717) is 0 Å². The summed E-state index contributed by atoms with van der Waals surface area (Å²) in [6.07, 6.45) is 0.995. The van der Waals surface area contributed by atoms with E-state index in [2.05, 4.69) is 57.3 Å². The highest BCUT2D eigenvalue weighted by Gasteiger charge is 2.17. The van der Waals surface area contributed by atoms with E-state index >= 15 is 0 Å². The van der Waals surface area contributed by atoms with Crippen LogP contribution >= 0.6 is 28.1 Å². The van der Waals surface area contributed by atoms with Crippen LogP contribution in [0.3, 0.4) is 0 Å². The maximum Gasteiger partial charge on any atom is 0.173 e. The summed E-state index contributed by atoms with van der Waals surface area (Å²) in [7, 11) is 2.04. The fourth-order valence-corrected chi connectivity index (χ4v) is 2.80. The number of benzene rings is 2. The van der Waals surface area contributed by atoms with Crippen LogP contribution in [-0.2, 0) is 0 Å². The minimum absolute atomic E-state index is 0.266. The lowest BCUT2D eigenvalue weighted by atomic mass is 10.0. The quantitative estimate of drug-likeness (QED) is 0.749.